The molecule has 1 N–H and O–H groups in total. The fraction of sp³-hybridized carbons (Fsp3) is 0.500. The van der Waals surface area contributed by atoms with Crippen LogP contribution >= 0.6 is 23.4 Å². The van der Waals surface area contributed by atoms with Gasteiger partial charge in [-0.3, -0.25) is 0 Å². The van der Waals surface area contributed by atoms with E-state index in [-0.39, 0.29) is 11.2 Å². The third-order valence-electron chi connectivity index (χ3n) is 4.42. The number of aliphatic hydroxyl groups excluding tert-OH is 1. The van der Waals surface area contributed by atoms with Crippen molar-refractivity contribution in [3.63, 3.8) is 0 Å². The van der Waals surface area contributed by atoms with Crippen molar-refractivity contribution < 1.29 is 14.6 Å². The molecule has 2 aliphatic rings. The Morgan fingerprint density at radius 1 is 1.35 bits per heavy atom. The van der Waals surface area contributed by atoms with E-state index in [2.05, 4.69) is 6.07 Å². The number of thioether (sulfide) groups is 1. The van der Waals surface area contributed by atoms with Gasteiger partial charge in [0.25, 0.3) is 0 Å². The van der Waals surface area contributed by atoms with Crippen LogP contribution in [0.3, 0.4) is 0 Å². The highest BCUT2D eigenvalue weighted by atomic mass is 35.5. The van der Waals surface area contributed by atoms with E-state index in [0.29, 0.717) is 23.9 Å². The van der Waals surface area contributed by atoms with E-state index in [1.54, 1.807) is 24.8 Å². The van der Waals surface area contributed by atoms with Crippen LogP contribution in [0.2, 0.25) is 5.02 Å². The van der Waals surface area contributed by atoms with Crippen LogP contribution < -0.4 is 0 Å². The Kier molecular flexibility index (Phi) is 5.34. The third kappa shape index (κ3) is 3.59. The predicted molar refractivity (Wildman–Crippen MR) is 93.8 cm³/mol. The molecule has 0 amide bonds. The minimum Gasteiger partial charge on any atom is -0.463 e. The average Bonchev–Trinajstić information content (AvgIpc) is 2.94. The summed E-state index contributed by atoms with van der Waals surface area (Å²) in [5.74, 6) is -0.305. The molecule has 0 aromatic heterocycles. The van der Waals surface area contributed by atoms with Crippen molar-refractivity contribution in [3.8, 4) is 0 Å². The molecule has 5 heteroatoms. The number of hydrogen-bond acceptors (Lipinski definition) is 4. The van der Waals surface area contributed by atoms with Gasteiger partial charge >= 0.3 is 5.97 Å². The van der Waals surface area contributed by atoms with Crippen molar-refractivity contribution >= 4 is 29.3 Å². The van der Waals surface area contributed by atoms with Crippen molar-refractivity contribution in [3.05, 3.63) is 46.0 Å². The summed E-state index contributed by atoms with van der Waals surface area (Å²) in [5, 5.41) is 11.0. The lowest BCUT2D eigenvalue weighted by atomic mass is 9.97. The van der Waals surface area contributed by atoms with E-state index < -0.39 is 6.10 Å². The first kappa shape index (κ1) is 16.9. The highest BCUT2D eigenvalue weighted by molar-refractivity contribution is 8.00. The summed E-state index contributed by atoms with van der Waals surface area (Å²) < 4.78 is 5.16. The van der Waals surface area contributed by atoms with Gasteiger partial charge in [0.05, 0.1) is 12.7 Å². The summed E-state index contributed by atoms with van der Waals surface area (Å²) in [6.45, 7) is 2.15. The standard InChI is InChI=1S/C18H21ClO3S/c1-2-22-18(21)13-10-12(20)7-9-15(13)23-16-8-6-11-4-3-5-14(19)17(11)16/h3-5,10,12,15-16,20H,2,6-9H2,1H3. The average molecular weight is 353 g/mol. The molecule has 0 saturated heterocycles. The Labute approximate surface area is 146 Å². The topological polar surface area (TPSA) is 46.5 Å². The Bertz CT molecular complexity index is 629. The largest absolute Gasteiger partial charge is 0.463 e. The van der Waals surface area contributed by atoms with E-state index in [4.69, 9.17) is 16.3 Å². The summed E-state index contributed by atoms with van der Waals surface area (Å²) >= 11 is 8.18. The second-order valence-electron chi connectivity index (χ2n) is 5.95. The van der Waals surface area contributed by atoms with Gasteiger partial charge < -0.3 is 9.84 Å². The van der Waals surface area contributed by atoms with Gasteiger partial charge in [-0.25, -0.2) is 4.79 Å². The number of carbonyl (C=O) groups is 1. The van der Waals surface area contributed by atoms with Gasteiger partial charge in [0.15, 0.2) is 0 Å². The van der Waals surface area contributed by atoms with Gasteiger partial charge in [0, 0.05) is 21.1 Å². The van der Waals surface area contributed by atoms with Gasteiger partial charge in [-0.2, -0.15) is 0 Å². The van der Waals surface area contributed by atoms with Crippen molar-refractivity contribution in [2.75, 3.05) is 6.61 Å². The molecule has 0 saturated carbocycles. The van der Waals surface area contributed by atoms with E-state index >= 15 is 0 Å². The normalized spacial score (nSPS) is 26.6. The van der Waals surface area contributed by atoms with Crippen molar-refractivity contribution in [2.45, 2.75) is 49.2 Å². The molecule has 3 rings (SSSR count). The number of aryl methyl sites for hydroxylation is 1. The van der Waals surface area contributed by atoms with Crippen LogP contribution in [0.4, 0.5) is 0 Å². The maximum Gasteiger partial charge on any atom is 0.334 e. The number of esters is 1. The highest BCUT2D eigenvalue weighted by Gasteiger charge is 2.33. The molecule has 23 heavy (non-hydrogen) atoms. The molecular weight excluding hydrogens is 332 g/mol. The maximum atomic E-state index is 12.2. The monoisotopic (exact) mass is 352 g/mol. The molecule has 0 spiro atoms. The lowest BCUT2D eigenvalue weighted by molar-refractivity contribution is -0.138. The number of hydrogen-bond donors (Lipinski definition) is 1. The number of benzene rings is 1. The number of carbonyl (C=O) groups excluding carboxylic acids is 1. The van der Waals surface area contributed by atoms with E-state index in [1.807, 2.05) is 12.1 Å². The molecule has 124 valence electrons. The Morgan fingerprint density at radius 3 is 2.96 bits per heavy atom. The first-order chi connectivity index (χ1) is 11.1. The maximum absolute atomic E-state index is 12.2. The lowest BCUT2D eigenvalue weighted by Gasteiger charge is -2.27. The zero-order valence-corrected chi connectivity index (χ0v) is 14.7. The van der Waals surface area contributed by atoms with Crippen LogP contribution in [-0.4, -0.2) is 29.0 Å². The minimum absolute atomic E-state index is 0.0599. The van der Waals surface area contributed by atoms with E-state index in [9.17, 15) is 9.90 Å². The number of fused-ring (bicyclic) bond motifs is 1. The molecule has 0 aliphatic heterocycles. The highest BCUT2D eigenvalue weighted by Crippen LogP contribution is 2.48. The Morgan fingerprint density at radius 2 is 2.17 bits per heavy atom. The van der Waals surface area contributed by atoms with Gasteiger partial charge in [-0.15, -0.1) is 11.8 Å². The van der Waals surface area contributed by atoms with Gasteiger partial charge in [-0.05, 0) is 55.9 Å². The van der Waals surface area contributed by atoms with Crippen LogP contribution in [0.1, 0.15) is 42.6 Å². The molecule has 0 heterocycles. The fourth-order valence-electron chi connectivity index (χ4n) is 3.36. The molecule has 0 bridgehead atoms. The second-order valence-corrected chi connectivity index (χ2v) is 7.77. The van der Waals surface area contributed by atoms with E-state index in [0.717, 1.165) is 24.3 Å². The summed E-state index contributed by atoms with van der Waals surface area (Å²) in [5.41, 5.74) is 3.14. The molecule has 3 nitrogen and oxygen atoms in total. The third-order valence-corrected chi connectivity index (χ3v) is 6.37. The number of ether oxygens (including phenoxy) is 1. The van der Waals surface area contributed by atoms with Gasteiger partial charge in [-0.1, -0.05) is 23.7 Å². The Hall–Kier alpha value is -0.970. The summed E-state index contributed by atoms with van der Waals surface area (Å²) in [6, 6.07) is 6.07. The van der Waals surface area contributed by atoms with Crippen LogP contribution in [0.25, 0.3) is 0 Å². The fourth-order valence-corrected chi connectivity index (χ4v) is 5.41. The van der Waals surface area contributed by atoms with Crippen LogP contribution in [0.15, 0.2) is 29.8 Å². The second kappa shape index (κ2) is 7.29. The number of aliphatic hydroxyl groups is 1. The summed E-state index contributed by atoms with van der Waals surface area (Å²) in [6.07, 6.45) is 4.66. The van der Waals surface area contributed by atoms with Crippen molar-refractivity contribution in [1.29, 1.82) is 0 Å². The smallest absolute Gasteiger partial charge is 0.334 e. The van der Waals surface area contributed by atoms with Crippen LogP contribution in [0, 0.1) is 0 Å². The lowest BCUT2D eigenvalue weighted by Crippen LogP contribution is -2.26. The number of rotatable bonds is 4. The molecule has 2 aliphatic carbocycles. The van der Waals surface area contributed by atoms with Crippen LogP contribution in [-0.2, 0) is 16.0 Å². The van der Waals surface area contributed by atoms with Crippen molar-refractivity contribution in [1.82, 2.24) is 0 Å². The van der Waals surface area contributed by atoms with E-state index in [1.165, 1.54) is 11.1 Å². The molecule has 0 radical (unpaired) electrons. The van der Waals surface area contributed by atoms with Crippen molar-refractivity contribution in [2.24, 2.45) is 0 Å². The summed E-state index contributed by atoms with van der Waals surface area (Å²) in [7, 11) is 0. The first-order valence-electron chi connectivity index (χ1n) is 8.09. The van der Waals surface area contributed by atoms with Gasteiger partial charge in [0.1, 0.15) is 0 Å². The molecule has 0 fully saturated rings. The quantitative estimate of drug-likeness (QED) is 0.829. The minimum atomic E-state index is -0.550. The number of halogens is 1. The molecular formula is C18H21ClO3S. The summed E-state index contributed by atoms with van der Waals surface area (Å²) in [4.78, 5) is 12.2. The molecule has 3 atom stereocenters. The molecule has 1 aromatic carbocycles. The van der Waals surface area contributed by atoms with Gasteiger partial charge in [0.2, 0.25) is 0 Å². The zero-order valence-electron chi connectivity index (χ0n) is 13.1. The SMILES string of the molecule is CCOC(=O)C1=CC(O)CCC1SC1CCc2cccc(Cl)c21. The van der Waals surface area contributed by atoms with Crippen LogP contribution in [0.5, 0.6) is 0 Å². The Balaban J connectivity index is 1.80. The molecule has 3 unspecified atom stereocenters. The predicted octanol–water partition coefficient (Wildman–Crippen LogP) is 4.07. The first-order valence-corrected chi connectivity index (χ1v) is 9.42. The zero-order chi connectivity index (χ0) is 16.4. The molecule has 1 aromatic rings.